The van der Waals surface area contributed by atoms with E-state index >= 15 is 0 Å². The van der Waals surface area contributed by atoms with E-state index in [1.807, 2.05) is 0 Å². The van der Waals surface area contributed by atoms with Crippen molar-refractivity contribution >= 4 is 0 Å². The first kappa shape index (κ1) is 12.7. The molecule has 1 unspecified atom stereocenters. The fourth-order valence-electron chi connectivity index (χ4n) is 2.14. The number of likely N-dealkylation sites (N-methyl/N-ethyl adjacent to an activating group) is 1. The molecule has 2 heteroatoms. The van der Waals surface area contributed by atoms with Crippen molar-refractivity contribution in [3.63, 3.8) is 0 Å². The molecule has 0 aromatic rings. The number of ether oxygens (including phenoxy) is 1. The lowest BCUT2D eigenvalue weighted by molar-refractivity contribution is 0.131. The Kier molecular flexibility index (Phi) is 6.69. The fraction of sp³-hybridized carbons (Fsp3) is 0.846. The Morgan fingerprint density at radius 1 is 1.33 bits per heavy atom. The van der Waals surface area contributed by atoms with Crippen molar-refractivity contribution in [2.75, 3.05) is 19.8 Å². The van der Waals surface area contributed by atoms with Gasteiger partial charge < -0.3 is 10.1 Å². The zero-order valence-electron chi connectivity index (χ0n) is 10.2. The lowest BCUT2D eigenvalue weighted by Gasteiger charge is -2.20. The molecule has 1 rings (SSSR count). The molecule has 0 fully saturated rings. The third kappa shape index (κ3) is 4.80. The van der Waals surface area contributed by atoms with E-state index in [9.17, 15) is 0 Å². The Labute approximate surface area is 94.1 Å². The summed E-state index contributed by atoms with van der Waals surface area (Å²) in [7, 11) is 0. The Morgan fingerprint density at radius 3 is 2.93 bits per heavy atom. The topological polar surface area (TPSA) is 21.3 Å². The second kappa shape index (κ2) is 7.89. The average Bonchev–Trinajstić information content (AvgIpc) is 2.52. The van der Waals surface area contributed by atoms with Gasteiger partial charge in [-0.1, -0.05) is 25.0 Å². The fourth-order valence-corrected chi connectivity index (χ4v) is 2.14. The molecule has 0 spiro atoms. The highest BCUT2D eigenvalue weighted by Crippen LogP contribution is 2.20. The maximum Gasteiger partial charge on any atom is 0.0658 e. The Bertz CT molecular complexity index is 189. The van der Waals surface area contributed by atoms with Crippen LogP contribution in [0.25, 0.3) is 0 Å². The zero-order chi connectivity index (χ0) is 10.9. The molecular weight excluding hydrogens is 186 g/mol. The van der Waals surface area contributed by atoms with Crippen LogP contribution in [0.5, 0.6) is 0 Å². The molecule has 0 amide bonds. The zero-order valence-corrected chi connectivity index (χ0v) is 10.2. The van der Waals surface area contributed by atoms with Gasteiger partial charge >= 0.3 is 0 Å². The van der Waals surface area contributed by atoms with Crippen LogP contribution in [0, 0.1) is 0 Å². The molecule has 0 aliphatic heterocycles. The summed E-state index contributed by atoms with van der Waals surface area (Å²) in [4.78, 5) is 0. The van der Waals surface area contributed by atoms with E-state index in [1.54, 1.807) is 5.57 Å². The summed E-state index contributed by atoms with van der Waals surface area (Å²) in [6.45, 7) is 6.89. The smallest absolute Gasteiger partial charge is 0.0658 e. The van der Waals surface area contributed by atoms with Gasteiger partial charge in [-0.3, -0.25) is 0 Å². The normalized spacial score (nSPS) is 19.5. The van der Waals surface area contributed by atoms with E-state index in [2.05, 4.69) is 25.2 Å². The van der Waals surface area contributed by atoms with E-state index in [0.29, 0.717) is 6.04 Å². The first-order chi connectivity index (χ1) is 7.38. The number of rotatable bonds is 6. The first-order valence-corrected chi connectivity index (χ1v) is 6.38. The highest BCUT2D eigenvalue weighted by molar-refractivity contribution is 5.12. The highest BCUT2D eigenvalue weighted by atomic mass is 16.5. The van der Waals surface area contributed by atoms with Gasteiger partial charge in [-0.2, -0.15) is 0 Å². The van der Waals surface area contributed by atoms with E-state index in [4.69, 9.17) is 4.74 Å². The van der Waals surface area contributed by atoms with Gasteiger partial charge in [-0.25, -0.2) is 0 Å². The number of nitrogens with one attached hydrogen (secondary N) is 1. The van der Waals surface area contributed by atoms with Crippen molar-refractivity contribution in [3.05, 3.63) is 11.6 Å². The van der Waals surface area contributed by atoms with Gasteiger partial charge in [0.25, 0.3) is 0 Å². The van der Waals surface area contributed by atoms with Crippen LogP contribution in [0.4, 0.5) is 0 Å². The number of hydrogen-bond acceptors (Lipinski definition) is 2. The first-order valence-electron chi connectivity index (χ1n) is 6.38. The van der Waals surface area contributed by atoms with Crippen LogP contribution in [-0.4, -0.2) is 25.8 Å². The van der Waals surface area contributed by atoms with Crippen molar-refractivity contribution < 1.29 is 4.74 Å². The Hall–Kier alpha value is -0.340. The largest absolute Gasteiger partial charge is 0.380 e. The minimum Gasteiger partial charge on any atom is -0.380 e. The maximum atomic E-state index is 5.54. The molecule has 2 nitrogen and oxygen atoms in total. The molecule has 0 bridgehead atoms. The summed E-state index contributed by atoms with van der Waals surface area (Å²) in [5, 5.41) is 3.52. The van der Waals surface area contributed by atoms with Crippen LogP contribution in [-0.2, 0) is 4.74 Å². The molecule has 1 aliphatic rings. The second-order valence-corrected chi connectivity index (χ2v) is 4.15. The SMILES string of the molecule is CCNC(COCC)C1=CCCCCC1. The van der Waals surface area contributed by atoms with Gasteiger partial charge in [0.1, 0.15) is 0 Å². The van der Waals surface area contributed by atoms with Gasteiger partial charge in [0.15, 0.2) is 0 Å². The summed E-state index contributed by atoms with van der Waals surface area (Å²) < 4.78 is 5.54. The Morgan fingerprint density at radius 2 is 2.20 bits per heavy atom. The summed E-state index contributed by atoms with van der Waals surface area (Å²) in [5.74, 6) is 0. The molecule has 0 heterocycles. The van der Waals surface area contributed by atoms with Crippen LogP contribution in [0.15, 0.2) is 11.6 Å². The van der Waals surface area contributed by atoms with Gasteiger partial charge in [0, 0.05) is 6.61 Å². The lowest BCUT2D eigenvalue weighted by atomic mass is 10.0. The summed E-state index contributed by atoms with van der Waals surface area (Å²) in [6.07, 6.45) is 9.03. The average molecular weight is 211 g/mol. The minimum atomic E-state index is 0.452. The molecule has 1 N–H and O–H groups in total. The molecule has 0 aromatic heterocycles. The monoisotopic (exact) mass is 211 g/mol. The van der Waals surface area contributed by atoms with Crippen LogP contribution in [0.1, 0.15) is 46.0 Å². The van der Waals surface area contributed by atoms with Crippen molar-refractivity contribution in [1.82, 2.24) is 5.32 Å². The summed E-state index contributed by atoms with van der Waals surface area (Å²) >= 11 is 0. The molecule has 88 valence electrons. The van der Waals surface area contributed by atoms with Crippen molar-refractivity contribution in [2.24, 2.45) is 0 Å². The van der Waals surface area contributed by atoms with Gasteiger partial charge in [0.2, 0.25) is 0 Å². The van der Waals surface area contributed by atoms with E-state index in [-0.39, 0.29) is 0 Å². The lowest BCUT2D eigenvalue weighted by Crippen LogP contribution is -2.35. The number of allylic oxidation sites excluding steroid dienone is 1. The number of hydrogen-bond donors (Lipinski definition) is 1. The third-order valence-electron chi connectivity index (χ3n) is 2.96. The van der Waals surface area contributed by atoms with Crippen molar-refractivity contribution in [2.45, 2.75) is 52.0 Å². The van der Waals surface area contributed by atoms with E-state index in [1.165, 1.54) is 32.1 Å². The van der Waals surface area contributed by atoms with Crippen LogP contribution < -0.4 is 5.32 Å². The minimum absolute atomic E-state index is 0.452. The predicted molar refractivity (Wildman–Crippen MR) is 65.1 cm³/mol. The second-order valence-electron chi connectivity index (χ2n) is 4.15. The molecule has 0 radical (unpaired) electrons. The molecule has 0 aromatic carbocycles. The molecule has 15 heavy (non-hydrogen) atoms. The van der Waals surface area contributed by atoms with Crippen LogP contribution in [0.3, 0.4) is 0 Å². The molecule has 0 saturated heterocycles. The van der Waals surface area contributed by atoms with E-state index in [0.717, 1.165) is 19.8 Å². The summed E-state index contributed by atoms with van der Waals surface area (Å²) in [5.41, 5.74) is 1.57. The van der Waals surface area contributed by atoms with Gasteiger partial charge in [0.05, 0.1) is 12.6 Å². The molecule has 0 saturated carbocycles. The van der Waals surface area contributed by atoms with Crippen LogP contribution in [0.2, 0.25) is 0 Å². The highest BCUT2D eigenvalue weighted by Gasteiger charge is 2.14. The Balaban J connectivity index is 2.47. The van der Waals surface area contributed by atoms with Gasteiger partial charge in [-0.15, -0.1) is 0 Å². The third-order valence-corrected chi connectivity index (χ3v) is 2.96. The maximum absolute atomic E-state index is 5.54. The van der Waals surface area contributed by atoms with Gasteiger partial charge in [-0.05, 0) is 39.2 Å². The summed E-state index contributed by atoms with van der Waals surface area (Å²) in [6, 6.07) is 0.452. The van der Waals surface area contributed by atoms with E-state index < -0.39 is 0 Å². The predicted octanol–water partition coefficient (Wildman–Crippen LogP) is 2.89. The van der Waals surface area contributed by atoms with Crippen molar-refractivity contribution in [1.29, 1.82) is 0 Å². The van der Waals surface area contributed by atoms with Crippen LogP contribution >= 0.6 is 0 Å². The molecular formula is C13H25NO. The molecule has 1 atom stereocenters. The molecule has 1 aliphatic carbocycles. The standard InChI is InChI=1S/C13H25NO/c1-3-14-13(11-15-4-2)12-9-7-5-6-8-10-12/h9,13-14H,3-8,10-11H2,1-2H3. The quantitative estimate of drug-likeness (QED) is 0.682. The van der Waals surface area contributed by atoms with Crippen molar-refractivity contribution in [3.8, 4) is 0 Å².